The van der Waals surface area contributed by atoms with Crippen molar-refractivity contribution in [3.63, 3.8) is 0 Å². The molecule has 0 aliphatic carbocycles. The van der Waals surface area contributed by atoms with Crippen LogP contribution in [0.1, 0.15) is 5.56 Å². The zero-order valence-electron chi connectivity index (χ0n) is 18.7. The van der Waals surface area contributed by atoms with E-state index in [1.807, 2.05) is 77.5 Å². The Hall–Kier alpha value is -4.16. The van der Waals surface area contributed by atoms with Crippen molar-refractivity contribution in [3.8, 4) is 33.9 Å². The topological polar surface area (TPSA) is 56.5 Å². The number of fused-ring (bicyclic) bond motifs is 1. The number of rotatable bonds is 5. The zero-order valence-corrected chi connectivity index (χ0v) is 20.3. The molecule has 0 saturated carbocycles. The maximum absolute atomic E-state index is 5.06. The van der Waals surface area contributed by atoms with E-state index in [-0.39, 0.29) is 0 Å². The molecule has 168 valence electrons. The van der Waals surface area contributed by atoms with E-state index in [4.69, 9.17) is 9.97 Å². The molecule has 0 amide bonds. The van der Waals surface area contributed by atoms with Crippen LogP contribution in [0.3, 0.4) is 0 Å². The van der Waals surface area contributed by atoms with Crippen molar-refractivity contribution < 1.29 is 0 Å². The first kappa shape index (κ1) is 21.4. The molecule has 35 heavy (non-hydrogen) atoms. The third-order valence-electron chi connectivity index (χ3n) is 5.87. The molecule has 2 heterocycles. The van der Waals surface area contributed by atoms with E-state index in [9.17, 15) is 0 Å². The van der Waals surface area contributed by atoms with Gasteiger partial charge in [0.15, 0.2) is 0 Å². The summed E-state index contributed by atoms with van der Waals surface area (Å²) < 4.78 is 2.99. The van der Waals surface area contributed by atoms with Gasteiger partial charge in [0.25, 0.3) is 0 Å². The molecule has 6 heteroatoms. The van der Waals surface area contributed by atoms with Gasteiger partial charge in [-0.3, -0.25) is 0 Å². The second-order valence-electron chi connectivity index (χ2n) is 8.21. The summed E-state index contributed by atoms with van der Waals surface area (Å²) in [4.78, 5) is 10.1. The van der Waals surface area contributed by atoms with E-state index < -0.39 is 0 Å². The molecule has 0 N–H and O–H groups in total. The second kappa shape index (κ2) is 9.24. The number of aromatic nitrogens is 5. The first-order valence-corrected chi connectivity index (χ1v) is 12.1. The van der Waals surface area contributed by atoms with Crippen molar-refractivity contribution >= 4 is 27.0 Å². The summed E-state index contributed by atoms with van der Waals surface area (Å²) in [6.45, 7) is 0.589. The molecule has 6 aromatic rings. The molecule has 4 aromatic carbocycles. The van der Waals surface area contributed by atoms with Gasteiger partial charge in [0.05, 0.1) is 29.0 Å². The molecular formula is C29H20BrN5. The summed E-state index contributed by atoms with van der Waals surface area (Å²) >= 11 is 3.52. The molecule has 0 atom stereocenters. The lowest BCUT2D eigenvalue weighted by Gasteiger charge is -2.12. The van der Waals surface area contributed by atoms with E-state index in [1.165, 1.54) is 0 Å². The summed E-state index contributed by atoms with van der Waals surface area (Å²) in [7, 11) is 0. The van der Waals surface area contributed by atoms with Gasteiger partial charge < -0.3 is 0 Å². The summed E-state index contributed by atoms with van der Waals surface area (Å²) in [5.41, 5.74) is 7.95. The Bertz CT molecular complexity index is 1610. The van der Waals surface area contributed by atoms with Gasteiger partial charge in [0.1, 0.15) is 11.4 Å². The number of para-hydroxylation sites is 2. The average Bonchev–Trinajstić information content (AvgIpc) is 3.33. The predicted octanol–water partition coefficient (Wildman–Crippen LogP) is 7.03. The lowest BCUT2D eigenvalue weighted by atomic mass is 10.0. The molecular weight excluding hydrogens is 498 g/mol. The third kappa shape index (κ3) is 4.24. The SMILES string of the molecule is Brc1ccc(Cn2nnc(-c3nc4ccccc4nc3-c3ccccc3)c2-c2ccccc2)cc1. The van der Waals surface area contributed by atoms with Crippen molar-refractivity contribution in [2.45, 2.75) is 6.54 Å². The molecule has 0 saturated heterocycles. The van der Waals surface area contributed by atoms with E-state index in [0.717, 1.165) is 49.3 Å². The molecule has 0 radical (unpaired) electrons. The molecule has 0 spiro atoms. The molecule has 0 bridgehead atoms. The highest BCUT2D eigenvalue weighted by Gasteiger charge is 2.23. The van der Waals surface area contributed by atoms with Crippen LogP contribution in [0, 0.1) is 0 Å². The fourth-order valence-corrected chi connectivity index (χ4v) is 4.45. The molecule has 0 fully saturated rings. The number of nitrogens with zero attached hydrogens (tertiary/aromatic N) is 5. The van der Waals surface area contributed by atoms with Crippen LogP contribution in [-0.2, 0) is 6.54 Å². The van der Waals surface area contributed by atoms with Crippen LogP contribution in [0.5, 0.6) is 0 Å². The van der Waals surface area contributed by atoms with E-state index in [2.05, 4.69) is 62.6 Å². The maximum Gasteiger partial charge on any atom is 0.141 e. The quantitative estimate of drug-likeness (QED) is 0.246. The Kier molecular flexibility index (Phi) is 5.64. The number of hydrogen-bond donors (Lipinski definition) is 0. The highest BCUT2D eigenvalue weighted by Crippen LogP contribution is 2.36. The van der Waals surface area contributed by atoms with Crippen molar-refractivity contribution in [1.29, 1.82) is 0 Å². The van der Waals surface area contributed by atoms with Gasteiger partial charge in [0, 0.05) is 15.6 Å². The van der Waals surface area contributed by atoms with E-state index >= 15 is 0 Å². The van der Waals surface area contributed by atoms with Gasteiger partial charge in [-0.25, -0.2) is 14.6 Å². The van der Waals surface area contributed by atoms with Crippen molar-refractivity contribution in [3.05, 3.63) is 119 Å². The standard InChI is InChI=1S/C29H20BrN5/c30-23-17-15-20(16-18-23)19-35-29(22-11-5-2-6-12-22)28(33-34-35)27-26(21-9-3-1-4-10-21)31-24-13-7-8-14-25(24)32-27/h1-18H,19H2. The van der Waals surface area contributed by atoms with E-state index in [0.29, 0.717) is 12.2 Å². The van der Waals surface area contributed by atoms with Crippen LogP contribution >= 0.6 is 15.9 Å². The highest BCUT2D eigenvalue weighted by atomic mass is 79.9. The molecule has 6 rings (SSSR count). The van der Waals surface area contributed by atoms with Gasteiger partial charge in [-0.2, -0.15) is 0 Å². The van der Waals surface area contributed by atoms with Crippen LogP contribution in [-0.4, -0.2) is 25.0 Å². The molecule has 2 aromatic heterocycles. The normalized spacial score (nSPS) is 11.1. The van der Waals surface area contributed by atoms with Crippen LogP contribution in [0.4, 0.5) is 0 Å². The fourth-order valence-electron chi connectivity index (χ4n) is 4.19. The monoisotopic (exact) mass is 517 g/mol. The molecule has 0 aliphatic rings. The van der Waals surface area contributed by atoms with Crippen molar-refractivity contribution in [2.24, 2.45) is 0 Å². The smallest absolute Gasteiger partial charge is 0.141 e. The van der Waals surface area contributed by atoms with Crippen LogP contribution in [0.2, 0.25) is 0 Å². The second-order valence-corrected chi connectivity index (χ2v) is 9.13. The molecule has 0 aliphatic heterocycles. The number of halogens is 1. The minimum Gasteiger partial charge on any atom is -0.244 e. The zero-order chi connectivity index (χ0) is 23.6. The Morgan fingerprint density at radius 3 is 1.80 bits per heavy atom. The van der Waals surface area contributed by atoms with Crippen LogP contribution < -0.4 is 0 Å². The lowest BCUT2D eigenvalue weighted by molar-refractivity contribution is 0.655. The Labute approximate surface area is 211 Å². The van der Waals surface area contributed by atoms with Crippen molar-refractivity contribution in [2.75, 3.05) is 0 Å². The van der Waals surface area contributed by atoms with Gasteiger partial charge in [-0.05, 0) is 29.8 Å². The highest BCUT2D eigenvalue weighted by molar-refractivity contribution is 9.10. The molecule has 5 nitrogen and oxygen atoms in total. The lowest BCUT2D eigenvalue weighted by Crippen LogP contribution is -2.04. The average molecular weight is 518 g/mol. The first-order chi connectivity index (χ1) is 17.3. The minimum absolute atomic E-state index is 0.589. The predicted molar refractivity (Wildman–Crippen MR) is 143 cm³/mol. The third-order valence-corrected chi connectivity index (χ3v) is 6.40. The minimum atomic E-state index is 0.589. The Morgan fingerprint density at radius 1 is 0.571 bits per heavy atom. The maximum atomic E-state index is 5.06. The van der Waals surface area contributed by atoms with Gasteiger partial charge >= 0.3 is 0 Å². The van der Waals surface area contributed by atoms with Crippen LogP contribution in [0.15, 0.2) is 114 Å². The summed E-state index contributed by atoms with van der Waals surface area (Å²) in [5, 5.41) is 9.26. The summed E-state index contributed by atoms with van der Waals surface area (Å²) in [5.74, 6) is 0. The Morgan fingerprint density at radius 2 is 1.14 bits per heavy atom. The Balaban J connectivity index is 1.59. The van der Waals surface area contributed by atoms with Crippen LogP contribution in [0.25, 0.3) is 44.9 Å². The number of benzene rings is 4. The fraction of sp³-hybridized carbons (Fsp3) is 0.0345. The molecule has 0 unspecified atom stereocenters. The van der Waals surface area contributed by atoms with E-state index in [1.54, 1.807) is 0 Å². The summed E-state index contributed by atoms with van der Waals surface area (Å²) in [6, 6.07) is 36.5. The van der Waals surface area contributed by atoms with Crippen molar-refractivity contribution in [1.82, 2.24) is 25.0 Å². The van der Waals surface area contributed by atoms with Gasteiger partial charge in [-0.15, -0.1) is 5.10 Å². The van der Waals surface area contributed by atoms with Gasteiger partial charge in [-0.1, -0.05) is 106 Å². The first-order valence-electron chi connectivity index (χ1n) is 11.3. The van der Waals surface area contributed by atoms with Gasteiger partial charge in [0.2, 0.25) is 0 Å². The number of hydrogen-bond acceptors (Lipinski definition) is 4. The largest absolute Gasteiger partial charge is 0.244 e. The summed E-state index contributed by atoms with van der Waals surface area (Å²) in [6.07, 6.45) is 0.